The van der Waals surface area contributed by atoms with Gasteiger partial charge in [0.2, 0.25) is 5.75 Å². The second-order valence-corrected chi connectivity index (χ2v) is 8.07. The lowest BCUT2D eigenvalue weighted by molar-refractivity contribution is -0.141. The molecule has 4 aromatic rings. The maximum Gasteiger partial charge on any atom is 0.435 e. The minimum Gasteiger partial charge on any atom is -0.493 e. The predicted molar refractivity (Wildman–Crippen MR) is 128 cm³/mol. The Morgan fingerprint density at radius 1 is 0.771 bits per heavy atom. The quantitative estimate of drug-likeness (QED) is 0.302. The van der Waals surface area contributed by atoms with Gasteiger partial charge in [-0.25, -0.2) is 4.68 Å². The zero-order valence-electron chi connectivity index (χ0n) is 19.8. The van der Waals surface area contributed by atoms with E-state index in [1.54, 1.807) is 45.6 Å². The highest BCUT2D eigenvalue weighted by molar-refractivity contribution is 5.63. The van der Waals surface area contributed by atoms with Gasteiger partial charge in [0.25, 0.3) is 0 Å². The Balaban J connectivity index is 1.68. The minimum atomic E-state index is -4.54. The van der Waals surface area contributed by atoms with Crippen LogP contribution in [0, 0.1) is 6.92 Å². The van der Waals surface area contributed by atoms with Gasteiger partial charge in [-0.3, -0.25) is 0 Å². The van der Waals surface area contributed by atoms with Crippen molar-refractivity contribution >= 4 is 0 Å². The summed E-state index contributed by atoms with van der Waals surface area (Å²) in [5.74, 6) is 1.62. The van der Waals surface area contributed by atoms with Gasteiger partial charge in [0, 0.05) is 5.56 Å². The van der Waals surface area contributed by atoms with E-state index in [1.807, 2.05) is 43.3 Å². The highest BCUT2D eigenvalue weighted by atomic mass is 19.4. The monoisotopic (exact) mass is 482 g/mol. The summed E-state index contributed by atoms with van der Waals surface area (Å²) < 4.78 is 57.9. The normalized spacial score (nSPS) is 11.4. The zero-order valence-corrected chi connectivity index (χ0v) is 19.8. The first-order chi connectivity index (χ1) is 16.7. The summed E-state index contributed by atoms with van der Waals surface area (Å²) in [7, 11) is 4.66. The van der Waals surface area contributed by atoms with Gasteiger partial charge in [-0.2, -0.15) is 18.3 Å². The fourth-order valence-corrected chi connectivity index (χ4v) is 3.87. The molecule has 0 aliphatic rings. The molecule has 4 rings (SSSR count). The number of methoxy groups -OCH3 is 3. The van der Waals surface area contributed by atoms with Crippen LogP contribution in [0.3, 0.4) is 0 Å². The first kappa shape index (κ1) is 24.2. The van der Waals surface area contributed by atoms with Crippen LogP contribution in [0.15, 0.2) is 66.7 Å². The summed E-state index contributed by atoms with van der Waals surface area (Å²) in [4.78, 5) is 0. The number of hydrogen-bond donors (Lipinski definition) is 0. The van der Waals surface area contributed by atoms with Gasteiger partial charge >= 0.3 is 6.18 Å². The van der Waals surface area contributed by atoms with Crippen LogP contribution >= 0.6 is 0 Å². The maximum atomic E-state index is 13.5. The third-order valence-electron chi connectivity index (χ3n) is 5.66. The Kier molecular flexibility index (Phi) is 6.73. The summed E-state index contributed by atoms with van der Waals surface area (Å²) in [6.45, 7) is 1.93. The van der Waals surface area contributed by atoms with Crippen molar-refractivity contribution in [2.75, 3.05) is 21.3 Å². The number of halogens is 3. The predicted octanol–water partition coefficient (Wildman–Crippen LogP) is 6.48. The highest BCUT2D eigenvalue weighted by Gasteiger charge is 2.35. The lowest BCUT2D eigenvalue weighted by Crippen LogP contribution is -2.07. The zero-order chi connectivity index (χ0) is 25.2. The van der Waals surface area contributed by atoms with E-state index in [4.69, 9.17) is 14.2 Å². The molecule has 35 heavy (non-hydrogen) atoms. The summed E-state index contributed by atoms with van der Waals surface area (Å²) in [6.07, 6.45) is -3.98. The fourth-order valence-electron chi connectivity index (χ4n) is 3.87. The molecule has 1 heterocycles. The summed E-state index contributed by atoms with van der Waals surface area (Å²) in [5, 5.41) is 3.87. The number of alkyl halides is 3. The molecule has 0 fully saturated rings. The third kappa shape index (κ3) is 5.11. The molecular formula is C27H25F3N2O3. The van der Waals surface area contributed by atoms with Crippen molar-refractivity contribution in [3.05, 3.63) is 89.1 Å². The molecule has 0 amide bonds. The van der Waals surface area contributed by atoms with Crippen molar-refractivity contribution in [1.29, 1.82) is 0 Å². The molecule has 1 aromatic heterocycles. The molecule has 0 saturated heterocycles. The Hall–Kier alpha value is -3.94. The summed E-state index contributed by atoms with van der Waals surface area (Å²) in [5.41, 5.74) is 3.54. The number of benzene rings is 3. The first-order valence-corrected chi connectivity index (χ1v) is 10.9. The topological polar surface area (TPSA) is 45.5 Å². The van der Waals surface area contributed by atoms with Crippen LogP contribution in [-0.2, 0) is 12.6 Å². The fraction of sp³-hybridized carbons (Fsp3) is 0.222. The van der Waals surface area contributed by atoms with Crippen molar-refractivity contribution in [2.45, 2.75) is 19.5 Å². The summed E-state index contributed by atoms with van der Waals surface area (Å²) in [6, 6.07) is 19.4. The van der Waals surface area contributed by atoms with Gasteiger partial charge in [-0.1, -0.05) is 42.0 Å². The standard InChI is InChI=1S/C27H25F3N2O3/c1-17-5-9-20(10-6-17)22-16-25(27(28,29)30)31-32(22)21-11-7-18(8-12-21)13-19-14-23(33-2)26(35-4)24(15-19)34-3/h5-12,14-16H,13H2,1-4H3. The molecule has 0 unspecified atom stereocenters. The van der Waals surface area contributed by atoms with Gasteiger partial charge in [-0.15, -0.1) is 0 Å². The smallest absolute Gasteiger partial charge is 0.435 e. The second-order valence-electron chi connectivity index (χ2n) is 8.07. The van der Waals surface area contributed by atoms with Crippen LogP contribution in [0.4, 0.5) is 13.2 Å². The van der Waals surface area contributed by atoms with Crippen molar-refractivity contribution in [1.82, 2.24) is 9.78 Å². The number of rotatable bonds is 7. The average Bonchev–Trinajstić information content (AvgIpc) is 3.30. The van der Waals surface area contributed by atoms with E-state index in [9.17, 15) is 13.2 Å². The Bertz CT molecular complexity index is 1290. The van der Waals surface area contributed by atoms with E-state index in [2.05, 4.69) is 5.10 Å². The number of ether oxygens (including phenoxy) is 3. The third-order valence-corrected chi connectivity index (χ3v) is 5.66. The van der Waals surface area contributed by atoms with E-state index >= 15 is 0 Å². The molecule has 8 heteroatoms. The molecule has 182 valence electrons. The second kappa shape index (κ2) is 9.74. The molecule has 5 nitrogen and oxygen atoms in total. The SMILES string of the molecule is COc1cc(Cc2ccc(-n3nc(C(F)(F)F)cc3-c3ccc(C)cc3)cc2)cc(OC)c1OC. The summed E-state index contributed by atoms with van der Waals surface area (Å²) >= 11 is 0. The Labute approximate surface area is 201 Å². The molecular weight excluding hydrogens is 457 g/mol. The van der Waals surface area contributed by atoms with Gasteiger partial charge in [0.1, 0.15) is 0 Å². The van der Waals surface area contributed by atoms with Gasteiger partial charge in [0.15, 0.2) is 17.2 Å². The van der Waals surface area contributed by atoms with Crippen LogP contribution in [0.1, 0.15) is 22.4 Å². The number of aryl methyl sites for hydroxylation is 1. The van der Waals surface area contributed by atoms with Crippen LogP contribution < -0.4 is 14.2 Å². The molecule has 0 aliphatic heterocycles. The van der Waals surface area contributed by atoms with Crippen molar-refractivity contribution in [2.24, 2.45) is 0 Å². The van der Waals surface area contributed by atoms with Crippen LogP contribution in [-0.4, -0.2) is 31.1 Å². The minimum absolute atomic E-state index is 0.370. The molecule has 0 saturated carbocycles. The molecule has 0 radical (unpaired) electrons. The van der Waals surface area contributed by atoms with E-state index in [1.165, 1.54) is 4.68 Å². The van der Waals surface area contributed by atoms with Gasteiger partial charge in [-0.05, 0) is 54.8 Å². The van der Waals surface area contributed by atoms with E-state index < -0.39 is 11.9 Å². The first-order valence-electron chi connectivity index (χ1n) is 10.9. The van der Waals surface area contributed by atoms with E-state index in [0.29, 0.717) is 40.6 Å². The molecule has 0 spiro atoms. The molecule has 0 bridgehead atoms. The molecule has 0 N–H and O–H groups in total. The molecule has 0 atom stereocenters. The van der Waals surface area contributed by atoms with Crippen LogP contribution in [0.25, 0.3) is 16.9 Å². The van der Waals surface area contributed by atoms with E-state index in [-0.39, 0.29) is 0 Å². The highest BCUT2D eigenvalue weighted by Crippen LogP contribution is 2.39. The van der Waals surface area contributed by atoms with Crippen LogP contribution in [0.5, 0.6) is 17.2 Å². The van der Waals surface area contributed by atoms with Crippen molar-refractivity contribution in [3.8, 4) is 34.2 Å². The van der Waals surface area contributed by atoms with Crippen LogP contribution in [0.2, 0.25) is 0 Å². The number of hydrogen-bond acceptors (Lipinski definition) is 4. The van der Waals surface area contributed by atoms with Crippen molar-refractivity contribution in [3.63, 3.8) is 0 Å². The lowest BCUT2D eigenvalue weighted by Gasteiger charge is -2.14. The van der Waals surface area contributed by atoms with Gasteiger partial charge in [0.05, 0.1) is 32.7 Å². The molecule has 0 aliphatic carbocycles. The van der Waals surface area contributed by atoms with Crippen molar-refractivity contribution < 1.29 is 27.4 Å². The van der Waals surface area contributed by atoms with Gasteiger partial charge < -0.3 is 14.2 Å². The Morgan fingerprint density at radius 3 is 1.89 bits per heavy atom. The maximum absolute atomic E-state index is 13.5. The number of aromatic nitrogens is 2. The number of nitrogens with zero attached hydrogens (tertiary/aromatic N) is 2. The molecule has 3 aromatic carbocycles. The van der Waals surface area contributed by atoms with E-state index in [0.717, 1.165) is 22.8 Å². The Morgan fingerprint density at radius 2 is 1.37 bits per heavy atom. The largest absolute Gasteiger partial charge is 0.493 e. The average molecular weight is 483 g/mol. The lowest BCUT2D eigenvalue weighted by atomic mass is 10.0.